The van der Waals surface area contributed by atoms with Crippen LogP contribution in [0.3, 0.4) is 0 Å². The summed E-state index contributed by atoms with van der Waals surface area (Å²) >= 11 is 0. The van der Waals surface area contributed by atoms with Crippen molar-refractivity contribution in [3.63, 3.8) is 0 Å². The topological polar surface area (TPSA) is 120 Å². The number of fused-ring (bicyclic) bond motifs is 1. The lowest BCUT2D eigenvalue weighted by Crippen LogP contribution is -2.26. The maximum atomic E-state index is 6.24. The average Bonchev–Trinajstić information content (AvgIpc) is 2.91. The summed E-state index contributed by atoms with van der Waals surface area (Å²) in [4.78, 5) is 0. The number of anilines is 4. The molecule has 0 saturated carbocycles. The summed E-state index contributed by atoms with van der Waals surface area (Å²) in [5, 5.41) is 17.2. The first-order valence-electron chi connectivity index (χ1n) is 7.35. The first-order chi connectivity index (χ1) is 11.5. The van der Waals surface area contributed by atoms with Crippen LogP contribution in [0.15, 0.2) is 24.3 Å². The third-order valence-corrected chi connectivity index (χ3v) is 3.59. The summed E-state index contributed by atoms with van der Waals surface area (Å²) in [6.45, 7) is 2.29. The van der Waals surface area contributed by atoms with E-state index in [2.05, 4.69) is 20.6 Å². The normalized spacial score (nSPS) is 11.0. The lowest BCUT2D eigenvalue weighted by atomic mass is 10.1. The Bertz CT molecular complexity index is 873. The molecule has 0 aliphatic carbocycles. The predicted molar refractivity (Wildman–Crippen MR) is 93.0 cm³/mol. The highest BCUT2D eigenvalue weighted by Crippen LogP contribution is 2.32. The van der Waals surface area contributed by atoms with Crippen LogP contribution in [0.5, 0.6) is 0 Å². The van der Waals surface area contributed by atoms with E-state index in [0.717, 1.165) is 5.56 Å². The van der Waals surface area contributed by atoms with Crippen molar-refractivity contribution in [1.29, 1.82) is 0 Å². The zero-order chi connectivity index (χ0) is 17.3. The summed E-state index contributed by atoms with van der Waals surface area (Å²) in [7, 11) is 3.37. The van der Waals surface area contributed by atoms with Crippen molar-refractivity contribution in [2.75, 3.05) is 30.2 Å². The van der Waals surface area contributed by atoms with Gasteiger partial charge >= 0.3 is 0 Å². The number of hydrogen-bond acceptors (Lipinski definition) is 8. The van der Waals surface area contributed by atoms with Gasteiger partial charge in [0.2, 0.25) is 0 Å². The third kappa shape index (κ3) is 2.94. The zero-order valence-electron chi connectivity index (χ0n) is 13.8. The molecular formula is C15H20N8O. The molecule has 126 valence electrons. The molecule has 0 saturated heterocycles. The Morgan fingerprint density at radius 2 is 2.08 bits per heavy atom. The fraction of sp³-hybridized carbons (Fsp3) is 0.267. The van der Waals surface area contributed by atoms with E-state index < -0.39 is 0 Å². The van der Waals surface area contributed by atoms with Gasteiger partial charge in [-0.15, -0.1) is 15.3 Å². The van der Waals surface area contributed by atoms with E-state index >= 15 is 0 Å². The molecule has 1 aromatic carbocycles. The second-order valence-electron chi connectivity index (χ2n) is 5.48. The van der Waals surface area contributed by atoms with Crippen LogP contribution >= 0.6 is 0 Å². The molecular weight excluding hydrogens is 308 g/mol. The molecule has 9 nitrogen and oxygen atoms in total. The van der Waals surface area contributed by atoms with Crippen LogP contribution in [0.4, 0.5) is 22.9 Å². The van der Waals surface area contributed by atoms with Crippen LogP contribution in [-0.2, 0) is 11.3 Å². The van der Waals surface area contributed by atoms with Crippen molar-refractivity contribution in [2.24, 2.45) is 5.84 Å². The standard InChI is InChI=1S/C15H20N8O/c1-9-19-20-14-5-4-13(21-23(9)14)18-11-6-10(8-24-3)7-12(15(11)16)22(2)17/h4-7H,8,16-17H2,1-3H3,(H,18,21). The molecule has 0 spiro atoms. The van der Waals surface area contributed by atoms with Crippen molar-refractivity contribution in [2.45, 2.75) is 13.5 Å². The van der Waals surface area contributed by atoms with Gasteiger partial charge in [-0.05, 0) is 36.8 Å². The lowest BCUT2D eigenvalue weighted by molar-refractivity contribution is 0.185. The van der Waals surface area contributed by atoms with Gasteiger partial charge in [-0.1, -0.05) is 0 Å². The van der Waals surface area contributed by atoms with Crippen molar-refractivity contribution >= 4 is 28.5 Å². The van der Waals surface area contributed by atoms with Gasteiger partial charge in [0.05, 0.1) is 23.7 Å². The molecule has 0 bridgehead atoms. The van der Waals surface area contributed by atoms with Gasteiger partial charge in [0.15, 0.2) is 17.3 Å². The number of ether oxygens (including phenoxy) is 1. The number of nitrogen functional groups attached to an aromatic ring is 1. The summed E-state index contributed by atoms with van der Waals surface area (Å²) in [6, 6.07) is 7.46. The van der Waals surface area contributed by atoms with Gasteiger partial charge in [0.25, 0.3) is 0 Å². The number of benzene rings is 1. The van der Waals surface area contributed by atoms with Crippen molar-refractivity contribution < 1.29 is 4.74 Å². The minimum Gasteiger partial charge on any atom is -0.395 e. The van der Waals surface area contributed by atoms with E-state index in [9.17, 15) is 0 Å². The predicted octanol–water partition coefficient (Wildman–Crippen LogP) is 1.21. The smallest absolute Gasteiger partial charge is 0.178 e. The number of nitrogens with one attached hydrogen (secondary N) is 1. The Morgan fingerprint density at radius 1 is 1.29 bits per heavy atom. The SMILES string of the molecule is COCc1cc(Nc2ccc3nnc(C)n3n2)c(N)c(N(C)N)c1. The van der Waals surface area contributed by atoms with Gasteiger partial charge in [0.1, 0.15) is 0 Å². The number of rotatable bonds is 5. The fourth-order valence-corrected chi connectivity index (χ4v) is 2.44. The van der Waals surface area contributed by atoms with E-state index in [4.69, 9.17) is 16.3 Å². The lowest BCUT2D eigenvalue weighted by Gasteiger charge is -2.19. The summed E-state index contributed by atoms with van der Waals surface area (Å²) < 4.78 is 6.87. The van der Waals surface area contributed by atoms with Crippen LogP contribution in [0.1, 0.15) is 11.4 Å². The molecule has 2 heterocycles. The maximum absolute atomic E-state index is 6.24. The number of nitrogens with zero attached hydrogens (tertiary/aromatic N) is 5. The Hall–Kier alpha value is -2.91. The van der Waals surface area contributed by atoms with Crippen LogP contribution in [0.25, 0.3) is 5.65 Å². The molecule has 3 aromatic rings. The molecule has 2 aromatic heterocycles. The van der Waals surface area contributed by atoms with Gasteiger partial charge in [-0.3, -0.25) is 0 Å². The largest absolute Gasteiger partial charge is 0.395 e. The maximum Gasteiger partial charge on any atom is 0.178 e. The highest BCUT2D eigenvalue weighted by molar-refractivity contribution is 5.83. The van der Waals surface area contributed by atoms with Gasteiger partial charge in [0, 0.05) is 14.2 Å². The number of aryl methyl sites for hydroxylation is 1. The molecule has 0 fully saturated rings. The van der Waals surface area contributed by atoms with Crippen molar-refractivity contribution in [1.82, 2.24) is 19.8 Å². The van der Waals surface area contributed by atoms with Crippen LogP contribution in [0, 0.1) is 6.92 Å². The second kappa shape index (κ2) is 6.30. The summed E-state index contributed by atoms with van der Waals surface area (Å²) in [5.74, 6) is 7.20. The number of aromatic nitrogens is 4. The Morgan fingerprint density at radius 3 is 2.79 bits per heavy atom. The number of nitrogens with two attached hydrogens (primary N) is 2. The Kier molecular flexibility index (Phi) is 4.19. The second-order valence-corrected chi connectivity index (χ2v) is 5.48. The first-order valence-corrected chi connectivity index (χ1v) is 7.35. The minimum atomic E-state index is 0.451. The molecule has 0 atom stereocenters. The highest BCUT2D eigenvalue weighted by Gasteiger charge is 2.12. The quantitative estimate of drug-likeness (QED) is 0.363. The van der Waals surface area contributed by atoms with Crippen LogP contribution in [0.2, 0.25) is 0 Å². The number of methoxy groups -OCH3 is 1. The van der Waals surface area contributed by atoms with E-state index in [1.807, 2.05) is 31.2 Å². The van der Waals surface area contributed by atoms with Crippen LogP contribution in [-0.4, -0.2) is 34.0 Å². The van der Waals surface area contributed by atoms with Crippen molar-refractivity contribution in [3.8, 4) is 0 Å². The molecule has 9 heteroatoms. The van der Waals surface area contributed by atoms with Crippen LogP contribution < -0.4 is 21.9 Å². The van der Waals surface area contributed by atoms with Gasteiger partial charge < -0.3 is 20.8 Å². The molecule has 24 heavy (non-hydrogen) atoms. The van der Waals surface area contributed by atoms with Crippen molar-refractivity contribution in [3.05, 3.63) is 35.7 Å². The molecule has 0 aliphatic heterocycles. The first kappa shape index (κ1) is 16.0. The number of hydrazine groups is 1. The molecule has 0 aliphatic rings. The highest BCUT2D eigenvalue weighted by atomic mass is 16.5. The molecule has 3 rings (SSSR count). The van der Waals surface area contributed by atoms with E-state index in [-0.39, 0.29) is 0 Å². The van der Waals surface area contributed by atoms with E-state index in [1.54, 1.807) is 18.7 Å². The van der Waals surface area contributed by atoms with E-state index in [0.29, 0.717) is 41.0 Å². The average molecular weight is 328 g/mol. The third-order valence-electron chi connectivity index (χ3n) is 3.59. The monoisotopic (exact) mass is 328 g/mol. The minimum absolute atomic E-state index is 0.451. The van der Waals surface area contributed by atoms with E-state index in [1.165, 1.54) is 5.01 Å². The fourth-order valence-electron chi connectivity index (χ4n) is 2.44. The molecule has 0 radical (unpaired) electrons. The van der Waals surface area contributed by atoms with Gasteiger partial charge in [-0.2, -0.15) is 4.52 Å². The zero-order valence-corrected chi connectivity index (χ0v) is 13.8. The Balaban J connectivity index is 2.01. The summed E-state index contributed by atoms with van der Waals surface area (Å²) in [5.41, 5.74) is 9.80. The number of hydrogen-bond donors (Lipinski definition) is 3. The Labute approximate surface area is 139 Å². The molecule has 0 unspecified atom stereocenters. The summed E-state index contributed by atoms with van der Waals surface area (Å²) in [6.07, 6.45) is 0. The molecule has 0 amide bonds. The molecule has 5 N–H and O–H groups in total. The van der Waals surface area contributed by atoms with Gasteiger partial charge in [-0.25, -0.2) is 5.84 Å².